The molecule has 1 saturated heterocycles. The zero-order chi connectivity index (χ0) is 24.2. The highest BCUT2D eigenvalue weighted by molar-refractivity contribution is 5.95. The monoisotopic (exact) mass is 466 g/mol. The van der Waals surface area contributed by atoms with E-state index in [1.165, 1.54) is 18.4 Å². The number of anilines is 2. The highest BCUT2D eigenvalue weighted by atomic mass is 16.5. The molecule has 0 aromatic heterocycles. The standard InChI is InChI=1S/C28H42N4O2/c1-4-5-9-18-29-28(33)30-27-25(31(2)3)14-10-15-26(27)34-22-11-19-32-20-16-24(17-21-32)23-12-7-6-8-13-23/h6-8,10,12-15,24H,4-5,9,11,16-22H2,1-3H3,(H2,29,30,33). The van der Waals surface area contributed by atoms with Crippen LogP contribution in [0.1, 0.15) is 56.9 Å². The Labute approximate surface area is 205 Å². The van der Waals surface area contributed by atoms with E-state index < -0.39 is 0 Å². The summed E-state index contributed by atoms with van der Waals surface area (Å²) < 4.78 is 6.16. The minimum atomic E-state index is -0.184. The van der Waals surface area contributed by atoms with Gasteiger partial charge in [-0.2, -0.15) is 0 Å². The fourth-order valence-electron chi connectivity index (χ4n) is 4.56. The normalized spacial score (nSPS) is 14.6. The molecule has 1 fully saturated rings. The molecular weight excluding hydrogens is 424 g/mol. The third-order valence-electron chi connectivity index (χ3n) is 6.53. The van der Waals surface area contributed by atoms with Crippen LogP contribution in [0.3, 0.4) is 0 Å². The lowest BCUT2D eigenvalue weighted by Gasteiger charge is -2.32. The van der Waals surface area contributed by atoms with Crippen LogP contribution in [0.2, 0.25) is 0 Å². The van der Waals surface area contributed by atoms with Crippen LogP contribution in [0.15, 0.2) is 48.5 Å². The van der Waals surface area contributed by atoms with Crippen LogP contribution in [0.5, 0.6) is 5.75 Å². The molecule has 2 N–H and O–H groups in total. The maximum Gasteiger partial charge on any atom is 0.319 e. The molecule has 1 aliphatic rings. The summed E-state index contributed by atoms with van der Waals surface area (Å²) in [5, 5.41) is 5.98. The maximum atomic E-state index is 12.5. The number of likely N-dealkylation sites (tertiary alicyclic amines) is 1. The van der Waals surface area contributed by atoms with Gasteiger partial charge in [0.1, 0.15) is 11.4 Å². The third kappa shape index (κ3) is 7.94. The van der Waals surface area contributed by atoms with Crippen molar-refractivity contribution in [3.05, 3.63) is 54.1 Å². The van der Waals surface area contributed by atoms with E-state index in [1.807, 2.05) is 37.2 Å². The molecule has 0 bridgehead atoms. The Morgan fingerprint density at radius 2 is 1.79 bits per heavy atom. The van der Waals surface area contributed by atoms with Gasteiger partial charge in [-0.25, -0.2) is 4.79 Å². The van der Waals surface area contributed by atoms with E-state index in [0.717, 1.165) is 62.4 Å². The summed E-state index contributed by atoms with van der Waals surface area (Å²) in [5.41, 5.74) is 3.13. The fraction of sp³-hybridized carbons (Fsp3) is 0.536. The van der Waals surface area contributed by atoms with Crippen LogP contribution in [-0.2, 0) is 0 Å². The van der Waals surface area contributed by atoms with Crippen molar-refractivity contribution in [1.29, 1.82) is 0 Å². The predicted octanol–water partition coefficient (Wildman–Crippen LogP) is 5.71. The van der Waals surface area contributed by atoms with Gasteiger partial charge in [0.25, 0.3) is 0 Å². The third-order valence-corrected chi connectivity index (χ3v) is 6.53. The van der Waals surface area contributed by atoms with Crippen molar-refractivity contribution in [2.75, 3.05) is 57.1 Å². The number of piperidine rings is 1. The topological polar surface area (TPSA) is 56.8 Å². The van der Waals surface area contributed by atoms with Gasteiger partial charge in [-0.1, -0.05) is 56.2 Å². The van der Waals surface area contributed by atoms with E-state index in [2.05, 4.69) is 52.8 Å². The lowest BCUT2D eigenvalue weighted by atomic mass is 9.89. The molecule has 0 spiro atoms. The first-order chi connectivity index (χ1) is 16.6. The van der Waals surface area contributed by atoms with Crippen molar-refractivity contribution in [3.8, 4) is 5.75 Å². The van der Waals surface area contributed by atoms with Gasteiger partial charge < -0.3 is 25.2 Å². The Balaban J connectivity index is 1.46. The van der Waals surface area contributed by atoms with Crippen LogP contribution < -0.4 is 20.3 Å². The van der Waals surface area contributed by atoms with E-state index in [-0.39, 0.29) is 6.03 Å². The minimum absolute atomic E-state index is 0.184. The van der Waals surface area contributed by atoms with Crippen molar-refractivity contribution in [3.63, 3.8) is 0 Å². The predicted molar refractivity (Wildman–Crippen MR) is 142 cm³/mol. The van der Waals surface area contributed by atoms with Crippen LogP contribution in [-0.4, -0.2) is 57.8 Å². The molecule has 0 aliphatic carbocycles. The molecule has 2 aromatic rings. The quantitative estimate of drug-likeness (QED) is 0.393. The fourth-order valence-corrected chi connectivity index (χ4v) is 4.56. The molecule has 0 saturated carbocycles. The average molecular weight is 467 g/mol. The van der Waals surface area contributed by atoms with Gasteiger partial charge >= 0.3 is 6.03 Å². The Hall–Kier alpha value is -2.73. The first kappa shape index (κ1) is 25.9. The number of para-hydroxylation sites is 1. The molecule has 34 heavy (non-hydrogen) atoms. The van der Waals surface area contributed by atoms with Crippen molar-refractivity contribution < 1.29 is 9.53 Å². The van der Waals surface area contributed by atoms with Crippen molar-refractivity contribution in [2.24, 2.45) is 0 Å². The highest BCUT2D eigenvalue weighted by Crippen LogP contribution is 2.34. The number of nitrogens with one attached hydrogen (secondary N) is 2. The first-order valence-electron chi connectivity index (χ1n) is 12.8. The molecular formula is C28H42N4O2. The van der Waals surface area contributed by atoms with E-state index in [1.54, 1.807) is 0 Å². The number of unbranched alkanes of at least 4 members (excludes halogenated alkanes) is 2. The van der Waals surface area contributed by atoms with Crippen LogP contribution >= 0.6 is 0 Å². The van der Waals surface area contributed by atoms with Crippen molar-refractivity contribution in [2.45, 2.75) is 51.4 Å². The van der Waals surface area contributed by atoms with Gasteiger partial charge in [0.2, 0.25) is 0 Å². The SMILES string of the molecule is CCCCCNC(=O)Nc1c(OCCCN2CCC(c3ccccc3)CC2)cccc1N(C)C. The smallest absolute Gasteiger partial charge is 0.319 e. The summed E-state index contributed by atoms with van der Waals surface area (Å²) in [6, 6.07) is 16.6. The van der Waals surface area contributed by atoms with E-state index in [9.17, 15) is 4.79 Å². The number of carbonyl (C=O) groups excluding carboxylic acids is 1. The average Bonchev–Trinajstić information content (AvgIpc) is 2.86. The molecule has 0 atom stereocenters. The van der Waals surface area contributed by atoms with Crippen molar-refractivity contribution >= 4 is 17.4 Å². The van der Waals surface area contributed by atoms with Gasteiger partial charge in [-0.3, -0.25) is 0 Å². The Morgan fingerprint density at radius 3 is 2.50 bits per heavy atom. The molecule has 6 heteroatoms. The molecule has 6 nitrogen and oxygen atoms in total. The van der Waals surface area contributed by atoms with Gasteiger partial charge in [0.05, 0.1) is 12.3 Å². The number of carbonyl (C=O) groups is 1. The molecule has 3 rings (SSSR count). The van der Waals surface area contributed by atoms with E-state index in [4.69, 9.17) is 4.74 Å². The Kier molecular flexibility index (Phi) is 10.5. The first-order valence-corrected chi connectivity index (χ1v) is 12.8. The van der Waals surface area contributed by atoms with Crippen LogP contribution in [0, 0.1) is 0 Å². The number of hydrogen-bond acceptors (Lipinski definition) is 4. The summed E-state index contributed by atoms with van der Waals surface area (Å²) in [6.07, 6.45) is 6.65. The molecule has 2 amide bonds. The Bertz CT molecular complexity index is 864. The molecule has 1 heterocycles. The van der Waals surface area contributed by atoms with E-state index in [0.29, 0.717) is 19.1 Å². The minimum Gasteiger partial charge on any atom is -0.491 e. The largest absolute Gasteiger partial charge is 0.491 e. The lowest BCUT2D eigenvalue weighted by Crippen LogP contribution is -2.34. The number of ether oxygens (including phenoxy) is 1. The number of rotatable bonds is 12. The summed E-state index contributed by atoms with van der Waals surface area (Å²) in [5.74, 6) is 1.40. The number of benzene rings is 2. The Morgan fingerprint density at radius 1 is 1.03 bits per heavy atom. The summed E-state index contributed by atoms with van der Waals surface area (Å²) in [6.45, 7) is 6.78. The second kappa shape index (κ2) is 13.9. The summed E-state index contributed by atoms with van der Waals surface area (Å²) in [7, 11) is 3.95. The van der Waals surface area contributed by atoms with E-state index >= 15 is 0 Å². The van der Waals surface area contributed by atoms with Crippen LogP contribution in [0.4, 0.5) is 16.2 Å². The number of amides is 2. The zero-order valence-corrected chi connectivity index (χ0v) is 21.2. The molecule has 0 unspecified atom stereocenters. The van der Waals surface area contributed by atoms with Gasteiger partial charge in [-0.05, 0) is 62.4 Å². The summed E-state index contributed by atoms with van der Waals surface area (Å²) >= 11 is 0. The molecule has 186 valence electrons. The second-order valence-corrected chi connectivity index (χ2v) is 9.36. The summed E-state index contributed by atoms with van der Waals surface area (Å²) in [4.78, 5) is 17.0. The zero-order valence-electron chi connectivity index (χ0n) is 21.2. The molecule has 1 aliphatic heterocycles. The molecule has 0 radical (unpaired) electrons. The lowest BCUT2D eigenvalue weighted by molar-refractivity contribution is 0.193. The second-order valence-electron chi connectivity index (χ2n) is 9.36. The molecule has 2 aromatic carbocycles. The van der Waals surface area contributed by atoms with Crippen molar-refractivity contribution in [1.82, 2.24) is 10.2 Å². The highest BCUT2D eigenvalue weighted by Gasteiger charge is 2.20. The van der Waals surface area contributed by atoms with Crippen LogP contribution in [0.25, 0.3) is 0 Å². The van der Waals surface area contributed by atoms with Gasteiger partial charge in [0, 0.05) is 27.2 Å². The van der Waals surface area contributed by atoms with Gasteiger partial charge in [0.15, 0.2) is 0 Å². The number of urea groups is 1. The maximum absolute atomic E-state index is 12.5. The van der Waals surface area contributed by atoms with Gasteiger partial charge in [-0.15, -0.1) is 0 Å². The number of nitrogens with zero attached hydrogens (tertiary/aromatic N) is 2. The number of hydrogen-bond donors (Lipinski definition) is 2.